The fourth-order valence-electron chi connectivity index (χ4n) is 2.10. The van der Waals surface area contributed by atoms with Crippen LogP contribution in [-0.4, -0.2) is 12.1 Å². The van der Waals surface area contributed by atoms with Gasteiger partial charge in [0.15, 0.2) is 5.78 Å². The minimum absolute atomic E-state index is 0.0208. The third kappa shape index (κ3) is 2.39. The van der Waals surface area contributed by atoms with E-state index in [0.717, 1.165) is 0 Å². The molecule has 0 saturated heterocycles. The first-order chi connectivity index (χ1) is 10.2. The van der Waals surface area contributed by atoms with E-state index in [1.807, 2.05) is 0 Å². The van der Waals surface area contributed by atoms with Crippen LogP contribution in [0.15, 0.2) is 63.8 Å². The molecule has 4 nitrogen and oxygen atoms in total. The summed E-state index contributed by atoms with van der Waals surface area (Å²) in [7, 11) is 0. The van der Waals surface area contributed by atoms with E-state index in [1.54, 1.807) is 42.5 Å². The summed E-state index contributed by atoms with van der Waals surface area (Å²) >= 11 is 0. The summed E-state index contributed by atoms with van der Waals surface area (Å²) < 4.78 is 5.14. The van der Waals surface area contributed by atoms with Crippen LogP contribution in [0.4, 0.5) is 0 Å². The number of ketones is 1. The molecule has 0 atom stereocenters. The SMILES string of the molecule is O=Cc1ccc2cc(C(=O)c3ccccc3)c(=O)oc2c1. The van der Waals surface area contributed by atoms with E-state index in [4.69, 9.17) is 4.42 Å². The van der Waals surface area contributed by atoms with Gasteiger partial charge in [-0.15, -0.1) is 0 Å². The summed E-state index contributed by atoms with van der Waals surface area (Å²) in [4.78, 5) is 35.0. The molecule has 0 aliphatic rings. The van der Waals surface area contributed by atoms with Gasteiger partial charge in [0.05, 0.1) is 0 Å². The second kappa shape index (κ2) is 5.17. The van der Waals surface area contributed by atoms with Gasteiger partial charge in [-0.1, -0.05) is 42.5 Å². The van der Waals surface area contributed by atoms with Crippen molar-refractivity contribution in [3.05, 3.63) is 81.7 Å². The molecule has 1 aromatic heterocycles. The van der Waals surface area contributed by atoms with Gasteiger partial charge in [-0.05, 0) is 12.1 Å². The van der Waals surface area contributed by atoms with Crippen molar-refractivity contribution in [2.24, 2.45) is 0 Å². The average molecular weight is 278 g/mol. The molecule has 0 unspecified atom stereocenters. The Balaban J connectivity index is 2.16. The zero-order valence-corrected chi connectivity index (χ0v) is 10.9. The van der Waals surface area contributed by atoms with Crippen LogP contribution in [0.2, 0.25) is 0 Å². The van der Waals surface area contributed by atoms with Crippen molar-refractivity contribution in [1.82, 2.24) is 0 Å². The molecule has 0 spiro atoms. The fourth-order valence-corrected chi connectivity index (χ4v) is 2.10. The number of rotatable bonds is 3. The lowest BCUT2D eigenvalue weighted by Gasteiger charge is -2.02. The van der Waals surface area contributed by atoms with Crippen LogP contribution in [-0.2, 0) is 0 Å². The highest BCUT2D eigenvalue weighted by atomic mass is 16.4. The van der Waals surface area contributed by atoms with Crippen molar-refractivity contribution in [1.29, 1.82) is 0 Å². The Bertz CT molecular complexity index is 892. The Morgan fingerprint density at radius 1 is 1.00 bits per heavy atom. The number of fused-ring (bicyclic) bond motifs is 1. The van der Waals surface area contributed by atoms with Crippen LogP contribution < -0.4 is 5.63 Å². The summed E-state index contributed by atoms with van der Waals surface area (Å²) in [5.74, 6) is -0.384. The quantitative estimate of drug-likeness (QED) is 0.420. The second-order valence-corrected chi connectivity index (χ2v) is 4.56. The summed E-state index contributed by atoms with van der Waals surface area (Å²) in [6.45, 7) is 0. The topological polar surface area (TPSA) is 64.3 Å². The summed E-state index contributed by atoms with van der Waals surface area (Å²) in [6.07, 6.45) is 0.669. The largest absolute Gasteiger partial charge is 0.422 e. The van der Waals surface area contributed by atoms with E-state index in [2.05, 4.69) is 0 Å². The molecule has 1 heterocycles. The lowest BCUT2D eigenvalue weighted by Crippen LogP contribution is -2.14. The molecule has 3 rings (SSSR count). The first-order valence-corrected chi connectivity index (χ1v) is 6.32. The molecule has 3 aromatic rings. The normalized spacial score (nSPS) is 10.5. The summed E-state index contributed by atoms with van der Waals surface area (Å²) in [5, 5.41) is 0.597. The van der Waals surface area contributed by atoms with Gasteiger partial charge in [0, 0.05) is 16.5 Å². The van der Waals surface area contributed by atoms with Crippen molar-refractivity contribution >= 4 is 23.0 Å². The molecule has 0 aliphatic heterocycles. The number of carbonyl (C=O) groups excluding carboxylic acids is 2. The Kier molecular flexibility index (Phi) is 3.20. The maximum Gasteiger partial charge on any atom is 0.347 e. The molecule has 0 radical (unpaired) electrons. The molecule has 0 amide bonds. The van der Waals surface area contributed by atoms with Gasteiger partial charge in [0.1, 0.15) is 17.4 Å². The maximum atomic E-state index is 12.3. The van der Waals surface area contributed by atoms with Gasteiger partial charge < -0.3 is 4.42 Å². The van der Waals surface area contributed by atoms with Gasteiger partial charge in [0.25, 0.3) is 0 Å². The van der Waals surface area contributed by atoms with E-state index in [1.165, 1.54) is 12.1 Å². The molecule has 21 heavy (non-hydrogen) atoms. The Morgan fingerprint density at radius 3 is 2.48 bits per heavy atom. The van der Waals surface area contributed by atoms with Gasteiger partial charge in [0.2, 0.25) is 0 Å². The molecule has 0 saturated carbocycles. The molecule has 0 N–H and O–H groups in total. The van der Waals surface area contributed by atoms with Crippen molar-refractivity contribution in [2.45, 2.75) is 0 Å². The monoisotopic (exact) mass is 278 g/mol. The number of benzene rings is 2. The zero-order chi connectivity index (χ0) is 14.8. The van der Waals surface area contributed by atoms with Crippen molar-refractivity contribution in [3.8, 4) is 0 Å². The van der Waals surface area contributed by atoms with Crippen LogP contribution in [0.5, 0.6) is 0 Å². The van der Waals surface area contributed by atoms with Gasteiger partial charge in [-0.25, -0.2) is 4.79 Å². The molecular formula is C17H10O4. The molecule has 2 aromatic carbocycles. The van der Waals surface area contributed by atoms with Crippen molar-refractivity contribution in [2.75, 3.05) is 0 Å². The number of aldehydes is 1. The predicted octanol–water partition coefficient (Wildman–Crippen LogP) is 2.84. The third-order valence-electron chi connectivity index (χ3n) is 3.18. The molecule has 0 aliphatic carbocycles. The average Bonchev–Trinajstić information content (AvgIpc) is 2.53. The number of hydrogen-bond donors (Lipinski definition) is 0. The lowest BCUT2D eigenvalue weighted by molar-refractivity contribution is 0.103. The second-order valence-electron chi connectivity index (χ2n) is 4.56. The summed E-state index contributed by atoms with van der Waals surface area (Å²) in [6, 6.07) is 14.7. The smallest absolute Gasteiger partial charge is 0.347 e. The van der Waals surface area contributed by atoms with Gasteiger partial charge in [-0.3, -0.25) is 9.59 Å². The Hall–Kier alpha value is -3.01. The first kappa shape index (κ1) is 13.0. The predicted molar refractivity (Wildman–Crippen MR) is 77.7 cm³/mol. The summed E-state index contributed by atoms with van der Waals surface area (Å²) in [5.41, 5.74) is 0.391. The third-order valence-corrected chi connectivity index (χ3v) is 3.18. The molecule has 102 valence electrons. The maximum absolute atomic E-state index is 12.3. The van der Waals surface area contributed by atoms with E-state index >= 15 is 0 Å². The molecule has 0 fully saturated rings. The van der Waals surface area contributed by atoms with Crippen molar-refractivity contribution in [3.63, 3.8) is 0 Å². The standard InChI is InChI=1S/C17H10O4/c18-10-11-6-7-13-9-14(17(20)21-15(13)8-11)16(19)12-4-2-1-3-5-12/h1-10H. The highest BCUT2D eigenvalue weighted by Gasteiger charge is 2.15. The fraction of sp³-hybridized carbons (Fsp3) is 0. The van der Waals surface area contributed by atoms with Crippen LogP contribution in [0.3, 0.4) is 0 Å². The highest BCUT2D eigenvalue weighted by Crippen LogP contribution is 2.16. The van der Waals surface area contributed by atoms with Crippen LogP contribution in [0.25, 0.3) is 11.0 Å². The number of hydrogen-bond acceptors (Lipinski definition) is 4. The first-order valence-electron chi connectivity index (χ1n) is 6.32. The van der Waals surface area contributed by atoms with E-state index in [9.17, 15) is 14.4 Å². The van der Waals surface area contributed by atoms with Crippen LogP contribution >= 0.6 is 0 Å². The van der Waals surface area contributed by atoms with Gasteiger partial charge >= 0.3 is 5.63 Å². The Morgan fingerprint density at radius 2 is 1.76 bits per heavy atom. The molecular weight excluding hydrogens is 268 g/mol. The number of carbonyl (C=O) groups is 2. The van der Waals surface area contributed by atoms with E-state index < -0.39 is 5.63 Å². The zero-order valence-electron chi connectivity index (χ0n) is 10.9. The highest BCUT2D eigenvalue weighted by molar-refractivity contribution is 6.09. The van der Waals surface area contributed by atoms with Crippen LogP contribution in [0, 0.1) is 0 Å². The minimum Gasteiger partial charge on any atom is -0.422 e. The van der Waals surface area contributed by atoms with Crippen LogP contribution in [0.1, 0.15) is 26.3 Å². The van der Waals surface area contributed by atoms with Gasteiger partial charge in [-0.2, -0.15) is 0 Å². The molecule has 0 bridgehead atoms. The minimum atomic E-state index is -0.709. The Labute approximate surface area is 119 Å². The van der Waals surface area contributed by atoms with E-state index in [0.29, 0.717) is 22.8 Å². The van der Waals surface area contributed by atoms with E-state index in [-0.39, 0.29) is 16.9 Å². The lowest BCUT2D eigenvalue weighted by atomic mass is 10.0. The molecule has 4 heteroatoms. The van der Waals surface area contributed by atoms with Crippen molar-refractivity contribution < 1.29 is 14.0 Å².